The van der Waals surface area contributed by atoms with Gasteiger partial charge in [0, 0.05) is 17.7 Å². The van der Waals surface area contributed by atoms with Crippen LogP contribution in [0.2, 0.25) is 0 Å². The van der Waals surface area contributed by atoms with E-state index in [4.69, 9.17) is 9.05 Å². The molecule has 0 radical (unpaired) electrons. The van der Waals surface area contributed by atoms with E-state index in [1.165, 1.54) is 0 Å². The van der Waals surface area contributed by atoms with Gasteiger partial charge in [0.05, 0.1) is 0 Å². The predicted molar refractivity (Wildman–Crippen MR) is 84.3 cm³/mol. The van der Waals surface area contributed by atoms with E-state index in [2.05, 4.69) is 37.5 Å². The number of nitrogens with zero attached hydrogens (tertiary/aromatic N) is 2. The molecule has 6 heteroatoms. The minimum atomic E-state index is -1.95. The van der Waals surface area contributed by atoms with Crippen molar-refractivity contribution in [1.29, 1.82) is 0 Å². The van der Waals surface area contributed by atoms with Crippen molar-refractivity contribution in [2.45, 2.75) is 40.5 Å². The van der Waals surface area contributed by atoms with E-state index in [0.717, 1.165) is 52.1 Å². The lowest BCUT2D eigenvalue weighted by Crippen LogP contribution is -2.24. The molecule has 0 aliphatic carbocycles. The van der Waals surface area contributed by atoms with Gasteiger partial charge in [-0.2, -0.15) is 0 Å². The van der Waals surface area contributed by atoms with Crippen molar-refractivity contribution in [3.63, 3.8) is 0 Å². The number of rotatable bonds is 14. The van der Waals surface area contributed by atoms with Crippen LogP contribution in [0.1, 0.15) is 40.5 Å². The lowest BCUT2D eigenvalue weighted by atomic mass is 10.4. The molecule has 0 bridgehead atoms. The molecular formula is C14H32N2O3P+. The van der Waals surface area contributed by atoms with E-state index in [1.807, 2.05) is 0 Å². The molecule has 0 atom stereocenters. The van der Waals surface area contributed by atoms with Gasteiger partial charge in [-0.3, -0.25) is 0 Å². The highest BCUT2D eigenvalue weighted by molar-refractivity contribution is 7.33. The first-order chi connectivity index (χ1) is 9.67. The van der Waals surface area contributed by atoms with Gasteiger partial charge in [0.1, 0.15) is 13.2 Å². The quantitative estimate of drug-likeness (QED) is 0.364. The summed E-state index contributed by atoms with van der Waals surface area (Å²) in [6.07, 6.45) is 1.79. The van der Waals surface area contributed by atoms with Crippen LogP contribution >= 0.6 is 8.25 Å². The molecule has 0 N–H and O–H groups in total. The van der Waals surface area contributed by atoms with Crippen LogP contribution in [0.5, 0.6) is 0 Å². The Hall–Kier alpha value is -0.0600. The third kappa shape index (κ3) is 10.7. The van der Waals surface area contributed by atoms with Gasteiger partial charge in [0.15, 0.2) is 0 Å². The molecule has 0 amide bonds. The third-order valence-corrected chi connectivity index (χ3v) is 4.21. The summed E-state index contributed by atoms with van der Waals surface area (Å²) in [5, 5.41) is 0. The van der Waals surface area contributed by atoms with E-state index in [0.29, 0.717) is 13.2 Å². The molecule has 120 valence electrons. The lowest BCUT2D eigenvalue weighted by molar-refractivity contribution is 0.197. The second kappa shape index (κ2) is 13.9. The van der Waals surface area contributed by atoms with Crippen molar-refractivity contribution in [2.75, 3.05) is 52.5 Å². The molecule has 0 rings (SSSR count). The summed E-state index contributed by atoms with van der Waals surface area (Å²) in [5.41, 5.74) is 0. The molecule has 0 saturated carbocycles. The average Bonchev–Trinajstić information content (AvgIpc) is 2.47. The molecule has 0 aliphatic heterocycles. The largest absolute Gasteiger partial charge is 0.697 e. The predicted octanol–water partition coefficient (Wildman–Crippen LogP) is 3.14. The number of hydrogen-bond donors (Lipinski definition) is 0. The van der Waals surface area contributed by atoms with E-state index in [-0.39, 0.29) is 0 Å². The van der Waals surface area contributed by atoms with Gasteiger partial charge in [-0.15, -0.1) is 9.05 Å². The molecule has 0 aromatic carbocycles. The van der Waals surface area contributed by atoms with Crippen LogP contribution in [0.15, 0.2) is 0 Å². The van der Waals surface area contributed by atoms with Crippen LogP contribution in [0.25, 0.3) is 0 Å². The first kappa shape index (κ1) is 19.9. The summed E-state index contributed by atoms with van der Waals surface area (Å²) in [6.45, 7) is 15.7. The van der Waals surface area contributed by atoms with Crippen LogP contribution < -0.4 is 0 Å². The molecule has 0 aromatic heterocycles. The van der Waals surface area contributed by atoms with Crippen molar-refractivity contribution in [3.8, 4) is 0 Å². The highest BCUT2D eigenvalue weighted by Crippen LogP contribution is 2.23. The molecule has 0 aromatic rings. The Kier molecular flexibility index (Phi) is 13.9. The van der Waals surface area contributed by atoms with E-state index in [9.17, 15) is 4.57 Å². The maximum absolute atomic E-state index is 11.5. The molecule has 0 spiro atoms. The van der Waals surface area contributed by atoms with Crippen molar-refractivity contribution in [2.24, 2.45) is 0 Å². The molecule has 0 saturated heterocycles. The SMILES string of the molecule is CCN(CC)CCCO[P+](=O)OCCCN(CC)CC. The van der Waals surface area contributed by atoms with Crippen molar-refractivity contribution in [3.05, 3.63) is 0 Å². The van der Waals surface area contributed by atoms with Crippen molar-refractivity contribution >= 4 is 8.25 Å². The lowest BCUT2D eigenvalue weighted by Gasteiger charge is -2.16. The van der Waals surface area contributed by atoms with Gasteiger partial charge in [0.2, 0.25) is 0 Å². The van der Waals surface area contributed by atoms with Crippen LogP contribution in [-0.2, 0) is 13.6 Å². The molecule has 0 aliphatic rings. The van der Waals surface area contributed by atoms with Crippen molar-refractivity contribution < 1.29 is 13.6 Å². The second-order valence-corrected chi connectivity index (χ2v) is 5.61. The second-order valence-electron chi connectivity index (χ2n) is 4.65. The van der Waals surface area contributed by atoms with Crippen LogP contribution in [0.3, 0.4) is 0 Å². The number of hydrogen-bond acceptors (Lipinski definition) is 5. The van der Waals surface area contributed by atoms with Crippen LogP contribution in [0, 0.1) is 0 Å². The van der Waals surface area contributed by atoms with Gasteiger partial charge in [-0.25, -0.2) is 0 Å². The minimum absolute atomic E-state index is 0.502. The normalized spacial score (nSPS) is 11.5. The zero-order valence-corrected chi connectivity index (χ0v) is 14.5. The smallest absolute Gasteiger partial charge is 0.304 e. The topological polar surface area (TPSA) is 42.0 Å². The Bertz CT molecular complexity index is 212. The fraction of sp³-hybridized carbons (Fsp3) is 1.00. The highest BCUT2D eigenvalue weighted by atomic mass is 31.1. The molecule has 0 heterocycles. The summed E-state index contributed by atoms with van der Waals surface area (Å²) >= 11 is 0. The first-order valence-electron chi connectivity index (χ1n) is 7.85. The van der Waals surface area contributed by atoms with E-state index < -0.39 is 8.25 Å². The molecule has 20 heavy (non-hydrogen) atoms. The monoisotopic (exact) mass is 307 g/mol. The summed E-state index contributed by atoms with van der Waals surface area (Å²) in [7, 11) is -1.95. The maximum atomic E-state index is 11.5. The zero-order valence-electron chi connectivity index (χ0n) is 13.6. The third-order valence-electron chi connectivity index (χ3n) is 3.42. The zero-order chi connectivity index (χ0) is 15.2. The molecule has 0 fully saturated rings. The van der Waals surface area contributed by atoms with Crippen molar-refractivity contribution in [1.82, 2.24) is 9.80 Å². The Balaban J connectivity index is 3.45. The minimum Gasteiger partial charge on any atom is -0.304 e. The maximum Gasteiger partial charge on any atom is 0.697 e. The summed E-state index contributed by atoms with van der Waals surface area (Å²) < 4.78 is 21.9. The van der Waals surface area contributed by atoms with Crippen LogP contribution in [-0.4, -0.2) is 62.3 Å². The van der Waals surface area contributed by atoms with E-state index >= 15 is 0 Å². The molecular weight excluding hydrogens is 275 g/mol. The molecule has 5 nitrogen and oxygen atoms in total. The Morgan fingerprint density at radius 2 is 1.10 bits per heavy atom. The summed E-state index contributed by atoms with van der Waals surface area (Å²) in [6, 6.07) is 0. The fourth-order valence-corrected chi connectivity index (χ4v) is 2.60. The Labute approximate surface area is 125 Å². The fourth-order valence-electron chi connectivity index (χ4n) is 1.97. The van der Waals surface area contributed by atoms with Gasteiger partial charge in [-0.1, -0.05) is 27.7 Å². The summed E-state index contributed by atoms with van der Waals surface area (Å²) in [5.74, 6) is 0. The van der Waals surface area contributed by atoms with Crippen LogP contribution in [0.4, 0.5) is 0 Å². The van der Waals surface area contributed by atoms with Gasteiger partial charge in [-0.05, 0) is 39.0 Å². The Morgan fingerprint density at radius 3 is 1.40 bits per heavy atom. The first-order valence-corrected chi connectivity index (χ1v) is 8.95. The van der Waals surface area contributed by atoms with E-state index in [1.54, 1.807) is 0 Å². The Morgan fingerprint density at radius 1 is 0.750 bits per heavy atom. The van der Waals surface area contributed by atoms with Gasteiger partial charge < -0.3 is 9.80 Å². The van der Waals surface area contributed by atoms with Gasteiger partial charge in [0.25, 0.3) is 0 Å². The standard InChI is InChI=1S/C14H32N2O3P/c1-5-15(6-2)11-9-13-18-20(17)19-14-10-12-16(7-3)8-4/h5-14H2,1-4H3/q+1. The van der Waals surface area contributed by atoms with Gasteiger partial charge >= 0.3 is 8.25 Å². The summed E-state index contributed by atoms with van der Waals surface area (Å²) in [4.78, 5) is 4.64. The molecule has 0 unspecified atom stereocenters. The highest BCUT2D eigenvalue weighted by Gasteiger charge is 2.19. The average molecular weight is 307 g/mol.